The molecule has 1 N–H and O–H groups in total. The monoisotopic (exact) mass is 249 g/mol. The zero-order chi connectivity index (χ0) is 12.2. The fourth-order valence-corrected chi connectivity index (χ4v) is 4.03. The summed E-state index contributed by atoms with van der Waals surface area (Å²) in [5, 5.41) is 9.34. The smallest absolute Gasteiger partial charge is 0.214 e. The molecule has 0 bridgehead atoms. The molecule has 0 aromatic rings. The van der Waals surface area contributed by atoms with Crippen LogP contribution in [0.2, 0.25) is 0 Å². The molecule has 5 heteroatoms. The highest BCUT2D eigenvalue weighted by Crippen LogP contribution is 2.17. The second kappa shape index (κ2) is 5.98. The maximum atomic E-state index is 12.0. The molecule has 1 aliphatic heterocycles. The van der Waals surface area contributed by atoms with Crippen molar-refractivity contribution < 1.29 is 13.5 Å². The Morgan fingerprint density at radius 2 is 1.94 bits per heavy atom. The van der Waals surface area contributed by atoms with Crippen LogP contribution >= 0.6 is 0 Å². The molecule has 0 spiro atoms. The first-order valence-electron chi connectivity index (χ1n) is 6.11. The molecule has 0 aromatic heterocycles. The molecule has 16 heavy (non-hydrogen) atoms. The van der Waals surface area contributed by atoms with Gasteiger partial charge >= 0.3 is 0 Å². The van der Waals surface area contributed by atoms with Gasteiger partial charge in [0.2, 0.25) is 10.0 Å². The molecule has 0 aromatic carbocycles. The van der Waals surface area contributed by atoms with Crippen molar-refractivity contribution in [2.45, 2.75) is 45.6 Å². The number of nitrogens with zero attached hydrogens (tertiary/aromatic N) is 1. The summed E-state index contributed by atoms with van der Waals surface area (Å²) in [7, 11) is -3.11. The summed E-state index contributed by atoms with van der Waals surface area (Å²) in [5.74, 6) is 0.471. The number of sulfonamides is 1. The van der Waals surface area contributed by atoms with E-state index in [1.165, 1.54) is 4.31 Å². The number of rotatable bonds is 5. The van der Waals surface area contributed by atoms with E-state index in [2.05, 4.69) is 6.92 Å². The molecule has 0 radical (unpaired) electrons. The third-order valence-electron chi connectivity index (χ3n) is 3.09. The van der Waals surface area contributed by atoms with E-state index in [1.807, 2.05) is 6.92 Å². The van der Waals surface area contributed by atoms with Crippen LogP contribution in [-0.4, -0.2) is 42.8 Å². The summed E-state index contributed by atoms with van der Waals surface area (Å²) in [6.07, 6.45) is 2.80. The molecule has 1 aliphatic rings. The van der Waals surface area contributed by atoms with Gasteiger partial charge in [-0.15, -0.1) is 0 Å². The van der Waals surface area contributed by atoms with Crippen LogP contribution in [0.5, 0.6) is 0 Å². The Kier molecular flexibility index (Phi) is 5.21. The third-order valence-corrected chi connectivity index (χ3v) is 5.24. The number of aliphatic hydroxyl groups is 1. The minimum Gasteiger partial charge on any atom is -0.393 e. The van der Waals surface area contributed by atoms with Gasteiger partial charge in [0, 0.05) is 13.1 Å². The summed E-state index contributed by atoms with van der Waals surface area (Å²) in [6, 6.07) is 0. The summed E-state index contributed by atoms with van der Waals surface area (Å²) < 4.78 is 25.6. The molecule has 4 nitrogen and oxygen atoms in total. The lowest BCUT2D eigenvalue weighted by atomic mass is 10.1. The summed E-state index contributed by atoms with van der Waals surface area (Å²) >= 11 is 0. The molecule has 96 valence electrons. The molecule has 1 heterocycles. The van der Waals surface area contributed by atoms with E-state index in [4.69, 9.17) is 0 Å². The van der Waals surface area contributed by atoms with Crippen molar-refractivity contribution >= 4 is 10.0 Å². The van der Waals surface area contributed by atoms with Crippen LogP contribution < -0.4 is 0 Å². The SMILES string of the molecule is CCCC(C)CS(=O)(=O)N1CCC(O)CC1. The second-order valence-corrected chi connectivity index (χ2v) is 6.82. The van der Waals surface area contributed by atoms with Crippen LogP contribution in [0.3, 0.4) is 0 Å². The van der Waals surface area contributed by atoms with Crippen molar-refractivity contribution in [2.75, 3.05) is 18.8 Å². The Balaban J connectivity index is 2.50. The van der Waals surface area contributed by atoms with Gasteiger partial charge in [0.25, 0.3) is 0 Å². The third kappa shape index (κ3) is 4.03. The van der Waals surface area contributed by atoms with Crippen LogP contribution in [0.15, 0.2) is 0 Å². The zero-order valence-corrected chi connectivity index (χ0v) is 11.0. The topological polar surface area (TPSA) is 57.6 Å². The van der Waals surface area contributed by atoms with E-state index in [0.717, 1.165) is 12.8 Å². The molecule has 0 amide bonds. The predicted octanol–water partition coefficient (Wildman–Crippen LogP) is 1.21. The minimum atomic E-state index is -3.11. The van der Waals surface area contributed by atoms with Gasteiger partial charge in [-0.25, -0.2) is 12.7 Å². The number of aliphatic hydroxyl groups excluding tert-OH is 1. The number of hydrogen-bond donors (Lipinski definition) is 1. The molecular formula is C11H23NO3S. The van der Waals surface area contributed by atoms with Crippen LogP contribution in [0.25, 0.3) is 0 Å². The van der Waals surface area contributed by atoms with Crippen molar-refractivity contribution in [1.82, 2.24) is 4.31 Å². The predicted molar refractivity (Wildman–Crippen MR) is 64.7 cm³/mol. The van der Waals surface area contributed by atoms with Crippen molar-refractivity contribution in [1.29, 1.82) is 0 Å². The van der Waals surface area contributed by atoms with Crippen molar-refractivity contribution in [3.05, 3.63) is 0 Å². The molecule has 0 aliphatic carbocycles. The van der Waals surface area contributed by atoms with E-state index in [0.29, 0.717) is 25.9 Å². The van der Waals surface area contributed by atoms with Gasteiger partial charge in [-0.3, -0.25) is 0 Å². The first kappa shape index (κ1) is 13.9. The molecule has 1 saturated heterocycles. The molecule has 1 fully saturated rings. The van der Waals surface area contributed by atoms with E-state index < -0.39 is 10.0 Å². The fraction of sp³-hybridized carbons (Fsp3) is 1.00. The normalized spacial score (nSPS) is 22.2. The lowest BCUT2D eigenvalue weighted by Crippen LogP contribution is -2.42. The van der Waals surface area contributed by atoms with Gasteiger partial charge in [0.05, 0.1) is 11.9 Å². The Morgan fingerprint density at radius 3 is 2.44 bits per heavy atom. The molecule has 1 unspecified atom stereocenters. The Labute approximate surface area is 98.7 Å². The average molecular weight is 249 g/mol. The van der Waals surface area contributed by atoms with Gasteiger partial charge in [-0.05, 0) is 25.2 Å². The van der Waals surface area contributed by atoms with Crippen LogP contribution in [0.1, 0.15) is 39.5 Å². The number of hydrogen-bond acceptors (Lipinski definition) is 3. The van der Waals surface area contributed by atoms with Gasteiger partial charge in [0.15, 0.2) is 0 Å². The van der Waals surface area contributed by atoms with Crippen LogP contribution in [0, 0.1) is 5.92 Å². The van der Waals surface area contributed by atoms with Crippen molar-refractivity contribution in [2.24, 2.45) is 5.92 Å². The van der Waals surface area contributed by atoms with Crippen LogP contribution in [-0.2, 0) is 10.0 Å². The van der Waals surface area contributed by atoms with Gasteiger partial charge in [-0.2, -0.15) is 0 Å². The summed E-state index contributed by atoms with van der Waals surface area (Å²) in [5.41, 5.74) is 0. The first-order chi connectivity index (χ1) is 7.45. The van der Waals surface area contributed by atoms with Crippen LogP contribution in [0.4, 0.5) is 0 Å². The highest BCUT2D eigenvalue weighted by Gasteiger charge is 2.28. The second-order valence-electron chi connectivity index (χ2n) is 4.80. The molecular weight excluding hydrogens is 226 g/mol. The Bertz CT molecular complexity index is 294. The largest absolute Gasteiger partial charge is 0.393 e. The Hall–Kier alpha value is -0.130. The van der Waals surface area contributed by atoms with Gasteiger partial charge in [0.1, 0.15) is 0 Å². The zero-order valence-electron chi connectivity index (χ0n) is 10.2. The molecule has 1 atom stereocenters. The quantitative estimate of drug-likeness (QED) is 0.796. The highest BCUT2D eigenvalue weighted by atomic mass is 32.2. The maximum absolute atomic E-state index is 12.0. The van der Waals surface area contributed by atoms with Crippen molar-refractivity contribution in [3.8, 4) is 0 Å². The van der Waals surface area contributed by atoms with E-state index in [-0.39, 0.29) is 17.8 Å². The fourth-order valence-electron chi connectivity index (χ4n) is 2.16. The highest BCUT2D eigenvalue weighted by molar-refractivity contribution is 7.89. The summed E-state index contributed by atoms with van der Waals surface area (Å²) in [6.45, 7) is 5.00. The molecule has 1 rings (SSSR count). The molecule has 0 saturated carbocycles. The van der Waals surface area contributed by atoms with Crippen molar-refractivity contribution in [3.63, 3.8) is 0 Å². The Morgan fingerprint density at radius 1 is 1.38 bits per heavy atom. The number of piperidine rings is 1. The first-order valence-corrected chi connectivity index (χ1v) is 7.72. The van der Waals surface area contributed by atoms with Gasteiger partial charge in [-0.1, -0.05) is 20.3 Å². The lowest BCUT2D eigenvalue weighted by molar-refractivity contribution is 0.113. The van der Waals surface area contributed by atoms with E-state index in [9.17, 15) is 13.5 Å². The van der Waals surface area contributed by atoms with E-state index in [1.54, 1.807) is 0 Å². The average Bonchev–Trinajstić information content (AvgIpc) is 2.17. The minimum absolute atomic E-state index is 0.224. The standard InChI is InChI=1S/C11H23NO3S/c1-3-4-10(2)9-16(14,15)12-7-5-11(13)6-8-12/h10-11,13H,3-9H2,1-2H3. The summed E-state index contributed by atoms with van der Waals surface area (Å²) in [4.78, 5) is 0. The van der Waals surface area contributed by atoms with E-state index >= 15 is 0 Å². The maximum Gasteiger partial charge on any atom is 0.214 e. The lowest BCUT2D eigenvalue weighted by Gasteiger charge is -2.29. The van der Waals surface area contributed by atoms with Gasteiger partial charge < -0.3 is 5.11 Å².